The van der Waals surface area contributed by atoms with Crippen LogP contribution in [0.3, 0.4) is 0 Å². The van der Waals surface area contributed by atoms with Gasteiger partial charge in [0.2, 0.25) is 0 Å². The quantitative estimate of drug-likeness (QED) is 0.773. The van der Waals surface area contributed by atoms with E-state index in [0.29, 0.717) is 17.4 Å². The zero-order valence-electron chi connectivity index (χ0n) is 11.4. The molecule has 0 aromatic carbocycles. The van der Waals surface area contributed by atoms with Gasteiger partial charge in [0.25, 0.3) is 5.91 Å². The molecule has 0 unspecified atom stereocenters. The highest BCUT2D eigenvalue weighted by Crippen LogP contribution is 2.28. The van der Waals surface area contributed by atoms with Gasteiger partial charge in [-0.05, 0) is 36.8 Å². The number of primary amides is 1. The van der Waals surface area contributed by atoms with Gasteiger partial charge < -0.3 is 16.8 Å². The van der Waals surface area contributed by atoms with Crippen molar-refractivity contribution in [3.05, 3.63) is 17.8 Å². The van der Waals surface area contributed by atoms with Crippen LogP contribution in [0.2, 0.25) is 0 Å². The molecule has 0 saturated heterocycles. The number of aromatic nitrogens is 1. The average molecular weight is 262 g/mol. The Bertz CT molecular complexity index is 453. The molecule has 1 fully saturated rings. The molecule has 1 aliphatic carbocycles. The monoisotopic (exact) mass is 262 g/mol. The number of rotatable bonds is 4. The van der Waals surface area contributed by atoms with Crippen molar-refractivity contribution >= 4 is 17.4 Å². The molecule has 0 spiro atoms. The Morgan fingerprint density at radius 1 is 1.37 bits per heavy atom. The minimum atomic E-state index is -0.533. The molecule has 0 aliphatic heterocycles. The Balaban J connectivity index is 1.95. The van der Waals surface area contributed by atoms with Gasteiger partial charge in [0.05, 0.1) is 5.69 Å². The lowest BCUT2D eigenvalue weighted by Crippen LogP contribution is -2.22. The summed E-state index contributed by atoms with van der Waals surface area (Å²) in [6, 6.07) is 3.21. The summed E-state index contributed by atoms with van der Waals surface area (Å²) >= 11 is 0. The van der Waals surface area contributed by atoms with Gasteiger partial charge in [0.1, 0.15) is 11.5 Å². The smallest absolute Gasteiger partial charge is 0.267 e. The molecule has 1 heterocycles. The summed E-state index contributed by atoms with van der Waals surface area (Å²) in [4.78, 5) is 15.3. The number of carbonyl (C=O) groups excluding carboxylic acids is 1. The Morgan fingerprint density at radius 2 is 2.05 bits per heavy atom. The fourth-order valence-electron chi connectivity index (χ4n) is 2.52. The molecular formula is C14H22N4O. The van der Waals surface area contributed by atoms with Crippen LogP contribution in [0, 0.1) is 11.8 Å². The predicted molar refractivity (Wildman–Crippen MR) is 76.8 cm³/mol. The molecule has 1 saturated carbocycles. The summed E-state index contributed by atoms with van der Waals surface area (Å²) in [6.45, 7) is 3.16. The van der Waals surface area contributed by atoms with Crippen molar-refractivity contribution in [2.45, 2.75) is 32.6 Å². The van der Waals surface area contributed by atoms with Crippen LogP contribution in [-0.2, 0) is 0 Å². The van der Waals surface area contributed by atoms with E-state index < -0.39 is 5.91 Å². The molecule has 0 atom stereocenters. The summed E-state index contributed by atoms with van der Waals surface area (Å²) in [6.07, 6.45) is 5.06. The van der Waals surface area contributed by atoms with Crippen molar-refractivity contribution in [1.29, 1.82) is 0 Å². The Kier molecular flexibility index (Phi) is 4.24. The summed E-state index contributed by atoms with van der Waals surface area (Å²) < 4.78 is 0. The number of nitrogens with two attached hydrogens (primary N) is 2. The molecule has 5 nitrogen and oxygen atoms in total. The first-order valence-electron chi connectivity index (χ1n) is 6.86. The van der Waals surface area contributed by atoms with Gasteiger partial charge in [-0.25, -0.2) is 4.98 Å². The van der Waals surface area contributed by atoms with Gasteiger partial charge in [0.15, 0.2) is 0 Å². The third-order valence-electron chi connectivity index (χ3n) is 3.87. The van der Waals surface area contributed by atoms with Gasteiger partial charge in [-0.3, -0.25) is 4.79 Å². The molecule has 1 amide bonds. The summed E-state index contributed by atoms with van der Waals surface area (Å²) in [7, 11) is 0. The molecule has 1 aromatic heterocycles. The van der Waals surface area contributed by atoms with Crippen molar-refractivity contribution in [2.24, 2.45) is 17.6 Å². The van der Waals surface area contributed by atoms with Crippen LogP contribution < -0.4 is 16.8 Å². The molecule has 0 bridgehead atoms. The second kappa shape index (κ2) is 5.91. The fraction of sp³-hybridized carbons (Fsp3) is 0.571. The van der Waals surface area contributed by atoms with E-state index in [-0.39, 0.29) is 5.69 Å². The Hall–Kier alpha value is -1.78. The van der Waals surface area contributed by atoms with Crippen molar-refractivity contribution in [3.8, 4) is 0 Å². The average Bonchev–Trinajstić information content (AvgIpc) is 2.39. The van der Waals surface area contributed by atoms with Gasteiger partial charge >= 0.3 is 0 Å². The summed E-state index contributed by atoms with van der Waals surface area (Å²) in [5.74, 6) is 1.54. The van der Waals surface area contributed by atoms with Crippen molar-refractivity contribution in [1.82, 2.24) is 4.98 Å². The fourth-order valence-corrected chi connectivity index (χ4v) is 2.52. The van der Waals surface area contributed by atoms with Gasteiger partial charge in [0, 0.05) is 6.54 Å². The first kappa shape index (κ1) is 13.6. The summed E-state index contributed by atoms with van der Waals surface area (Å²) in [5.41, 5.74) is 11.9. The van der Waals surface area contributed by atoms with E-state index >= 15 is 0 Å². The zero-order valence-corrected chi connectivity index (χ0v) is 11.4. The van der Waals surface area contributed by atoms with Gasteiger partial charge in [-0.15, -0.1) is 0 Å². The number of nitrogen functional groups attached to an aromatic ring is 1. The highest BCUT2D eigenvalue weighted by molar-refractivity contribution is 5.91. The minimum Gasteiger partial charge on any atom is -0.396 e. The number of nitrogens with one attached hydrogen (secondary N) is 1. The van der Waals surface area contributed by atoms with Crippen LogP contribution in [0.25, 0.3) is 0 Å². The first-order valence-corrected chi connectivity index (χ1v) is 6.86. The lowest BCUT2D eigenvalue weighted by molar-refractivity contribution is 0.0996. The predicted octanol–water partition coefficient (Wildman–Crippen LogP) is 2.00. The van der Waals surface area contributed by atoms with Crippen molar-refractivity contribution in [2.75, 3.05) is 17.6 Å². The molecule has 19 heavy (non-hydrogen) atoms. The van der Waals surface area contributed by atoms with Crippen LogP contribution in [0.1, 0.15) is 43.1 Å². The number of pyridine rings is 1. The van der Waals surface area contributed by atoms with E-state index in [1.165, 1.54) is 25.7 Å². The van der Waals surface area contributed by atoms with Gasteiger partial charge in [-0.2, -0.15) is 0 Å². The SMILES string of the molecule is CC1CCC(CNc2nc(C(N)=O)ccc2N)CC1. The van der Waals surface area contributed by atoms with E-state index in [2.05, 4.69) is 17.2 Å². The highest BCUT2D eigenvalue weighted by atomic mass is 16.1. The minimum absolute atomic E-state index is 0.244. The molecule has 104 valence electrons. The molecule has 0 radical (unpaired) electrons. The molecule has 2 rings (SSSR count). The number of nitrogens with zero attached hydrogens (tertiary/aromatic N) is 1. The second-order valence-corrected chi connectivity index (χ2v) is 5.51. The number of carbonyl (C=O) groups is 1. The maximum atomic E-state index is 11.1. The lowest BCUT2D eigenvalue weighted by atomic mass is 9.83. The topological polar surface area (TPSA) is 94.0 Å². The number of anilines is 2. The normalized spacial score (nSPS) is 23.0. The molecule has 5 heteroatoms. The van der Waals surface area contributed by atoms with E-state index in [4.69, 9.17) is 11.5 Å². The standard InChI is InChI=1S/C14H22N4O/c1-9-2-4-10(5-3-9)8-17-14-11(15)6-7-12(18-14)13(16)19/h6-7,9-10H,2-5,8,15H2,1H3,(H2,16,19)(H,17,18). The second-order valence-electron chi connectivity index (χ2n) is 5.51. The Labute approximate surface area is 113 Å². The third kappa shape index (κ3) is 3.59. The van der Waals surface area contributed by atoms with Gasteiger partial charge in [-0.1, -0.05) is 19.8 Å². The van der Waals surface area contributed by atoms with E-state index in [1.54, 1.807) is 12.1 Å². The molecule has 1 aromatic rings. The largest absolute Gasteiger partial charge is 0.396 e. The maximum absolute atomic E-state index is 11.1. The number of hydrogen-bond donors (Lipinski definition) is 3. The molecule has 5 N–H and O–H groups in total. The number of hydrogen-bond acceptors (Lipinski definition) is 4. The maximum Gasteiger partial charge on any atom is 0.267 e. The van der Waals surface area contributed by atoms with E-state index in [1.807, 2.05) is 0 Å². The molecular weight excluding hydrogens is 240 g/mol. The van der Waals surface area contributed by atoms with Crippen LogP contribution in [0.15, 0.2) is 12.1 Å². The van der Waals surface area contributed by atoms with Crippen LogP contribution in [0.4, 0.5) is 11.5 Å². The molecule has 1 aliphatic rings. The zero-order chi connectivity index (χ0) is 13.8. The van der Waals surface area contributed by atoms with Crippen LogP contribution in [0.5, 0.6) is 0 Å². The van der Waals surface area contributed by atoms with Crippen LogP contribution >= 0.6 is 0 Å². The number of amides is 1. The summed E-state index contributed by atoms with van der Waals surface area (Å²) in [5, 5.41) is 3.25. The van der Waals surface area contributed by atoms with Crippen molar-refractivity contribution < 1.29 is 4.79 Å². The Morgan fingerprint density at radius 3 is 2.68 bits per heavy atom. The van der Waals surface area contributed by atoms with E-state index in [9.17, 15) is 4.79 Å². The lowest BCUT2D eigenvalue weighted by Gasteiger charge is -2.26. The third-order valence-corrected chi connectivity index (χ3v) is 3.87. The van der Waals surface area contributed by atoms with E-state index in [0.717, 1.165) is 12.5 Å². The van der Waals surface area contributed by atoms with Crippen LogP contribution in [-0.4, -0.2) is 17.4 Å². The van der Waals surface area contributed by atoms with Crippen molar-refractivity contribution in [3.63, 3.8) is 0 Å². The highest BCUT2D eigenvalue weighted by Gasteiger charge is 2.18. The first-order chi connectivity index (χ1) is 9.06.